The molecule has 1 amide bonds. The maximum absolute atomic E-state index is 13.2. The summed E-state index contributed by atoms with van der Waals surface area (Å²) in [6.07, 6.45) is 0.669. The lowest BCUT2D eigenvalue weighted by molar-refractivity contribution is -0.141. The highest BCUT2D eigenvalue weighted by Gasteiger charge is 2.19. The largest absolute Gasteiger partial charge is 0.490 e. The highest BCUT2D eigenvalue weighted by molar-refractivity contribution is 5.78. The third-order valence-electron chi connectivity index (χ3n) is 4.16. The van der Waals surface area contributed by atoms with E-state index in [1.807, 2.05) is 31.2 Å². The molecule has 2 aromatic rings. The zero-order valence-electron chi connectivity index (χ0n) is 16.7. The molecule has 0 spiro atoms. The van der Waals surface area contributed by atoms with Gasteiger partial charge in [0, 0.05) is 6.42 Å². The molecular formula is C22H26FNO5. The van der Waals surface area contributed by atoms with Gasteiger partial charge in [-0.2, -0.15) is 0 Å². The lowest BCUT2D eigenvalue weighted by Crippen LogP contribution is -2.30. The Labute approximate surface area is 170 Å². The molecule has 0 saturated carbocycles. The van der Waals surface area contributed by atoms with Gasteiger partial charge < -0.3 is 19.5 Å². The summed E-state index contributed by atoms with van der Waals surface area (Å²) in [7, 11) is 1.28. The molecule has 0 aliphatic rings. The van der Waals surface area contributed by atoms with Crippen molar-refractivity contribution in [3.8, 4) is 11.5 Å². The second kappa shape index (κ2) is 11.7. The second-order valence-electron chi connectivity index (χ2n) is 6.28. The first-order valence-corrected chi connectivity index (χ1v) is 9.49. The first kappa shape index (κ1) is 22.2. The van der Waals surface area contributed by atoms with Gasteiger partial charge in [-0.15, -0.1) is 0 Å². The van der Waals surface area contributed by atoms with Crippen LogP contribution in [0.4, 0.5) is 4.39 Å². The van der Waals surface area contributed by atoms with Gasteiger partial charge in [0.05, 0.1) is 32.8 Å². The standard InChI is InChI=1S/C22H26FNO5/c1-3-28-19-7-4-5-8-20(19)29-14-6-9-21(25)24-18(15-22(26)27-2)16-10-12-17(23)13-11-16/h4-5,7-8,10-13,18H,3,6,9,14-15H2,1-2H3,(H,24,25). The number of hydrogen-bond acceptors (Lipinski definition) is 5. The van der Waals surface area contributed by atoms with E-state index < -0.39 is 12.0 Å². The molecule has 1 unspecified atom stereocenters. The van der Waals surface area contributed by atoms with E-state index in [1.54, 1.807) is 0 Å². The van der Waals surface area contributed by atoms with Crippen LogP contribution < -0.4 is 14.8 Å². The highest BCUT2D eigenvalue weighted by atomic mass is 19.1. The molecule has 0 saturated heterocycles. The number of esters is 1. The summed E-state index contributed by atoms with van der Waals surface area (Å²) >= 11 is 0. The smallest absolute Gasteiger partial charge is 0.307 e. The number of nitrogens with one attached hydrogen (secondary N) is 1. The van der Waals surface area contributed by atoms with Crippen molar-refractivity contribution in [2.75, 3.05) is 20.3 Å². The minimum atomic E-state index is -0.588. The number of ether oxygens (including phenoxy) is 3. The highest BCUT2D eigenvalue weighted by Crippen LogP contribution is 2.26. The van der Waals surface area contributed by atoms with Crippen LogP contribution in [0.5, 0.6) is 11.5 Å². The van der Waals surface area contributed by atoms with Crippen molar-refractivity contribution in [2.45, 2.75) is 32.2 Å². The van der Waals surface area contributed by atoms with E-state index in [1.165, 1.54) is 31.4 Å². The van der Waals surface area contributed by atoms with Crippen molar-refractivity contribution in [2.24, 2.45) is 0 Å². The maximum Gasteiger partial charge on any atom is 0.307 e. The number of benzene rings is 2. The molecule has 0 fully saturated rings. The van der Waals surface area contributed by atoms with Crippen LogP contribution in [0.2, 0.25) is 0 Å². The van der Waals surface area contributed by atoms with Crippen LogP contribution in [0, 0.1) is 5.82 Å². The van der Waals surface area contributed by atoms with Crippen molar-refractivity contribution in [3.05, 3.63) is 59.9 Å². The lowest BCUT2D eigenvalue weighted by atomic mass is 10.0. The summed E-state index contributed by atoms with van der Waals surface area (Å²) in [6, 6.07) is 12.4. The van der Waals surface area contributed by atoms with E-state index in [4.69, 9.17) is 9.47 Å². The van der Waals surface area contributed by atoms with Crippen LogP contribution in [-0.2, 0) is 14.3 Å². The summed E-state index contributed by atoms with van der Waals surface area (Å²) in [5.74, 6) is 0.209. The quantitative estimate of drug-likeness (QED) is 0.456. The Morgan fingerprint density at radius 2 is 1.69 bits per heavy atom. The van der Waals surface area contributed by atoms with Crippen molar-refractivity contribution < 1.29 is 28.2 Å². The molecule has 1 N–H and O–H groups in total. The minimum Gasteiger partial charge on any atom is -0.490 e. The van der Waals surface area contributed by atoms with Gasteiger partial charge in [0.1, 0.15) is 5.82 Å². The van der Waals surface area contributed by atoms with Crippen molar-refractivity contribution in [1.29, 1.82) is 0 Å². The van der Waals surface area contributed by atoms with Crippen LogP contribution in [0.25, 0.3) is 0 Å². The summed E-state index contributed by atoms with van der Waals surface area (Å²) < 4.78 is 29.1. The zero-order valence-corrected chi connectivity index (χ0v) is 16.7. The predicted molar refractivity (Wildman–Crippen MR) is 106 cm³/mol. The molecule has 6 nitrogen and oxygen atoms in total. The van der Waals surface area contributed by atoms with Crippen LogP contribution in [0.1, 0.15) is 37.8 Å². The van der Waals surface area contributed by atoms with E-state index in [0.29, 0.717) is 36.7 Å². The number of rotatable bonds is 11. The molecule has 0 heterocycles. The number of carbonyl (C=O) groups is 2. The average Bonchev–Trinajstić information content (AvgIpc) is 2.72. The second-order valence-corrected chi connectivity index (χ2v) is 6.28. The number of methoxy groups -OCH3 is 1. The van der Waals surface area contributed by atoms with Crippen LogP contribution >= 0.6 is 0 Å². The van der Waals surface area contributed by atoms with Gasteiger partial charge in [-0.3, -0.25) is 9.59 Å². The summed E-state index contributed by atoms with van der Waals surface area (Å²) in [6.45, 7) is 2.77. The van der Waals surface area contributed by atoms with Gasteiger partial charge in [-0.25, -0.2) is 4.39 Å². The van der Waals surface area contributed by atoms with Crippen molar-refractivity contribution in [1.82, 2.24) is 5.32 Å². The van der Waals surface area contributed by atoms with Gasteiger partial charge in [0.2, 0.25) is 5.91 Å². The molecule has 0 aliphatic carbocycles. The number of amides is 1. The molecule has 0 aromatic heterocycles. The van der Waals surface area contributed by atoms with Crippen LogP contribution in [0.3, 0.4) is 0 Å². The molecule has 0 bridgehead atoms. The topological polar surface area (TPSA) is 73.9 Å². The third-order valence-corrected chi connectivity index (χ3v) is 4.16. The molecule has 2 aromatic carbocycles. The van der Waals surface area contributed by atoms with E-state index in [0.717, 1.165) is 0 Å². The SMILES string of the molecule is CCOc1ccccc1OCCCC(=O)NC(CC(=O)OC)c1ccc(F)cc1. The summed E-state index contributed by atoms with van der Waals surface area (Å²) in [5, 5.41) is 2.81. The number of carbonyl (C=O) groups excluding carboxylic acids is 2. The van der Waals surface area contributed by atoms with E-state index in [9.17, 15) is 14.0 Å². The van der Waals surface area contributed by atoms with Gasteiger partial charge in [0.15, 0.2) is 11.5 Å². The van der Waals surface area contributed by atoms with Crippen LogP contribution in [0.15, 0.2) is 48.5 Å². The van der Waals surface area contributed by atoms with Gasteiger partial charge in [0.25, 0.3) is 0 Å². The molecule has 1 atom stereocenters. The monoisotopic (exact) mass is 403 g/mol. The van der Waals surface area contributed by atoms with Crippen molar-refractivity contribution >= 4 is 11.9 Å². The average molecular weight is 403 g/mol. The molecule has 7 heteroatoms. The first-order chi connectivity index (χ1) is 14.0. The first-order valence-electron chi connectivity index (χ1n) is 9.49. The molecule has 29 heavy (non-hydrogen) atoms. The van der Waals surface area contributed by atoms with E-state index in [-0.39, 0.29) is 24.6 Å². The lowest BCUT2D eigenvalue weighted by Gasteiger charge is -2.18. The molecule has 156 valence electrons. The predicted octanol–water partition coefficient (Wildman–Crippen LogP) is 3.80. The number of para-hydroxylation sites is 2. The number of hydrogen-bond donors (Lipinski definition) is 1. The normalized spacial score (nSPS) is 11.4. The van der Waals surface area contributed by atoms with Gasteiger partial charge in [-0.05, 0) is 43.2 Å². The van der Waals surface area contributed by atoms with E-state index >= 15 is 0 Å². The fraction of sp³-hybridized carbons (Fsp3) is 0.364. The molecular weight excluding hydrogens is 377 g/mol. The molecule has 0 radical (unpaired) electrons. The Morgan fingerprint density at radius 1 is 1.03 bits per heavy atom. The molecule has 0 aliphatic heterocycles. The molecule has 2 rings (SSSR count). The fourth-order valence-electron chi connectivity index (χ4n) is 2.72. The summed E-state index contributed by atoms with van der Waals surface area (Å²) in [4.78, 5) is 24.0. The Balaban J connectivity index is 1.86. The van der Waals surface area contributed by atoms with Crippen molar-refractivity contribution in [3.63, 3.8) is 0 Å². The van der Waals surface area contributed by atoms with Gasteiger partial charge in [-0.1, -0.05) is 24.3 Å². The van der Waals surface area contributed by atoms with Gasteiger partial charge >= 0.3 is 5.97 Å². The third kappa shape index (κ3) is 7.44. The Hall–Kier alpha value is -3.09. The zero-order chi connectivity index (χ0) is 21.1. The fourth-order valence-corrected chi connectivity index (χ4v) is 2.72. The summed E-state index contributed by atoms with van der Waals surface area (Å²) in [5.41, 5.74) is 0.632. The Kier molecular flexibility index (Phi) is 8.95. The minimum absolute atomic E-state index is 0.0356. The van der Waals surface area contributed by atoms with E-state index in [2.05, 4.69) is 10.1 Å². The Bertz CT molecular complexity index is 794. The Morgan fingerprint density at radius 3 is 2.31 bits per heavy atom. The maximum atomic E-state index is 13.2. The van der Waals surface area contributed by atoms with Crippen LogP contribution in [-0.4, -0.2) is 32.2 Å². The number of halogens is 1.